The number of amides is 2. The van der Waals surface area contributed by atoms with Crippen molar-refractivity contribution in [2.45, 2.75) is 6.42 Å². The van der Waals surface area contributed by atoms with E-state index in [2.05, 4.69) is 39.8 Å². The maximum Gasteiger partial charge on any atom is 0.321 e. The molecule has 0 spiro atoms. The number of urea groups is 1. The Morgan fingerprint density at radius 1 is 1.07 bits per heavy atom. The molecular formula is C23H26N4O3. The van der Waals surface area contributed by atoms with Crippen molar-refractivity contribution in [2.75, 3.05) is 45.8 Å². The minimum atomic E-state index is -0.173. The number of anilines is 1. The number of aromatic nitrogens is 2. The summed E-state index contributed by atoms with van der Waals surface area (Å²) in [6.45, 7) is 1.96. The van der Waals surface area contributed by atoms with Crippen molar-refractivity contribution < 1.29 is 14.3 Å². The van der Waals surface area contributed by atoms with Crippen LogP contribution in [-0.2, 0) is 15.9 Å². The van der Waals surface area contributed by atoms with Crippen LogP contribution >= 0.6 is 0 Å². The highest BCUT2D eigenvalue weighted by atomic mass is 16.5. The molecule has 0 saturated heterocycles. The van der Waals surface area contributed by atoms with E-state index in [9.17, 15) is 4.79 Å². The molecule has 2 amide bonds. The van der Waals surface area contributed by atoms with Gasteiger partial charge in [-0.15, -0.1) is 0 Å². The molecule has 1 aliphatic rings. The summed E-state index contributed by atoms with van der Waals surface area (Å²) >= 11 is 0. The smallest absolute Gasteiger partial charge is 0.321 e. The second kappa shape index (κ2) is 9.11. The van der Waals surface area contributed by atoms with E-state index in [0.717, 1.165) is 29.1 Å². The summed E-state index contributed by atoms with van der Waals surface area (Å²) in [6.07, 6.45) is 0.879. The Morgan fingerprint density at radius 2 is 1.77 bits per heavy atom. The topological polar surface area (TPSA) is 79.5 Å². The van der Waals surface area contributed by atoms with E-state index in [-0.39, 0.29) is 6.03 Å². The molecule has 2 N–H and O–H groups in total. The highest BCUT2D eigenvalue weighted by Crippen LogP contribution is 2.39. The van der Waals surface area contributed by atoms with E-state index < -0.39 is 0 Å². The van der Waals surface area contributed by atoms with Gasteiger partial charge in [0.15, 0.2) is 0 Å². The van der Waals surface area contributed by atoms with Crippen LogP contribution in [0.2, 0.25) is 0 Å². The van der Waals surface area contributed by atoms with Crippen LogP contribution in [0.5, 0.6) is 0 Å². The number of benzene rings is 2. The van der Waals surface area contributed by atoms with E-state index in [1.807, 2.05) is 24.3 Å². The van der Waals surface area contributed by atoms with Crippen LogP contribution in [0, 0.1) is 0 Å². The predicted molar refractivity (Wildman–Crippen MR) is 117 cm³/mol. The Morgan fingerprint density at radius 3 is 2.47 bits per heavy atom. The summed E-state index contributed by atoms with van der Waals surface area (Å²) in [5, 5.41) is 10.7. The van der Waals surface area contributed by atoms with Crippen LogP contribution in [0.3, 0.4) is 0 Å². The SMILES string of the molecule is COCCN(CCOC)C(=O)Nc1ccc(-c2n[nH]c3c2Cc2ccccc2-3)cc1. The average Bonchev–Trinajstić information content (AvgIpc) is 3.34. The fraction of sp³-hybridized carbons (Fsp3) is 0.304. The summed E-state index contributed by atoms with van der Waals surface area (Å²) < 4.78 is 10.2. The lowest BCUT2D eigenvalue weighted by molar-refractivity contribution is 0.127. The molecular weight excluding hydrogens is 380 g/mol. The maximum atomic E-state index is 12.6. The van der Waals surface area contributed by atoms with Crippen LogP contribution in [0.1, 0.15) is 11.1 Å². The van der Waals surface area contributed by atoms with Crippen LogP contribution in [0.4, 0.5) is 10.5 Å². The first-order valence-corrected chi connectivity index (χ1v) is 10.0. The number of ether oxygens (including phenoxy) is 2. The van der Waals surface area contributed by atoms with Crippen molar-refractivity contribution in [3.63, 3.8) is 0 Å². The predicted octanol–water partition coefficient (Wildman–Crippen LogP) is 3.77. The first-order valence-electron chi connectivity index (χ1n) is 10.0. The Balaban J connectivity index is 1.46. The van der Waals surface area contributed by atoms with Crippen molar-refractivity contribution in [1.29, 1.82) is 0 Å². The summed E-state index contributed by atoms with van der Waals surface area (Å²) in [5.74, 6) is 0. The fourth-order valence-corrected chi connectivity index (χ4v) is 3.74. The zero-order valence-electron chi connectivity index (χ0n) is 17.3. The average molecular weight is 406 g/mol. The molecule has 3 aromatic rings. The van der Waals surface area contributed by atoms with Crippen molar-refractivity contribution in [3.05, 3.63) is 59.7 Å². The third kappa shape index (κ3) is 4.08. The first kappa shape index (κ1) is 20.1. The van der Waals surface area contributed by atoms with Crippen LogP contribution in [0.25, 0.3) is 22.5 Å². The van der Waals surface area contributed by atoms with Gasteiger partial charge in [0.05, 0.1) is 24.6 Å². The van der Waals surface area contributed by atoms with E-state index in [0.29, 0.717) is 26.3 Å². The van der Waals surface area contributed by atoms with Crippen LogP contribution in [-0.4, -0.2) is 61.7 Å². The molecule has 1 aliphatic carbocycles. The Kier molecular flexibility index (Phi) is 6.11. The molecule has 0 saturated carbocycles. The van der Waals surface area contributed by atoms with Gasteiger partial charge in [-0.1, -0.05) is 36.4 Å². The van der Waals surface area contributed by atoms with Gasteiger partial charge in [-0.25, -0.2) is 4.79 Å². The standard InChI is InChI=1S/C23H26N4O3/c1-29-13-11-27(12-14-30-2)23(28)24-18-9-7-16(8-10-18)21-20-15-17-5-3-4-6-19(17)22(20)26-25-21/h3-10H,11-15H2,1-2H3,(H,24,28)(H,25,26). The lowest BCUT2D eigenvalue weighted by Crippen LogP contribution is -2.39. The van der Waals surface area contributed by atoms with Crippen LogP contribution < -0.4 is 5.32 Å². The zero-order valence-corrected chi connectivity index (χ0v) is 17.3. The molecule has 2 aromatic carbocycles. The fourth-order valence-electron chi connectivity index (χ4n) is 3.74. The molecule has 0 unspecified atom stereocenters. The van der Waals surface area contributed by atoms with Gasteiger partial charge in [-0.05, 0) is 17.7 Å². The minimum absolute atomic E-state index is 0.173. The number of nitrogens with one attached hydrogen (secondary N) is 2. The van der Waals surface area contributed by atoms with Gasteiger partial charge in [0.1, 0.15) is 0 Å². The van der Waals surface area contributed by atoms with Gasteiger partial charge in [0.2, 0.25) is 0 Å². The Labute approximate surface area is 176 Å². The summed E-state index contributed by atoms with van der Waals surface area (Å²) in [7, 11) is 3.24. The molecule has 1 heterocycles. The molecule has 0 fully saturated rings. The minimum Gasteiger partial charge on any atom is -0.383 e. The van der Waals surface area contributed by atoms with Crippen molar-refractivity contribution in [1.82, 2.24) is 15.1 Å². The number of nitrogens with zero attached hydrogens (tertiary/aromatic N) is 2. The largest absolute Gasteiger partial charge is 0.383 e. The van der Waals surface area contributed by atoms with Gasteiger partial charge < -0.3 is 19.7 Å². The van der Waals surface area contributed by atoms with Gasteiger partial charge in [-0.3, -0.25) is 5.10 Å². The summed E-state index contributed by atoms with van der Waals surface area (Å²) in [5.41, 5.74) is 7.58. The monoisotopic (exact) mass is 406 g/mol. The molecule has 0 atom stereocenters. The number of hydrogen-bond acceptors (Lipinski definition) is 4. The second-order valence-corrected chi connectivity index (χ2v) is 7.24. The molecule has 1 aromatic heterocycles. The Bertz CT molecular complexity index is 1010. The van der Waals surface area contributed by atoms with E-state index in [1.165, 1.54) is 16.7 Å². The molecule has 0 bridgehead atoms. The molecule has 4 rings (SSSR count). The first-order chi connectivity index (χ1) is 14.7. The summed E-state index contributed by atoms with van der Waals surface area (Å²) in [4.78, 5) is 14.3. The number of fused-ring (bicyclic) bond motifs is 3. The molecule has 7 heteroatoms. The maximum absolute atomic E-state index is 12.6. The number of carbonyl (C=O) groups excluding carboxylic acids is 1. The lowest BCUT2D eigenvalue weighted by atomic mass is 10.1. The van der Waals surface area contributed by atoms with Gasteiger partial charge in [0.25, 0.3) is 0 Å². The highest BCUT2D eigenvalue weighted by Gasteiger charge is 2.24. The van der Waals surface area contributed by atoms with Crippen molar-refractivity contribution >= 4 is 11.7 Å². The second-order valence-electron chi connectivity index (χ2n) is 7.24. The van der Waals surface area contributed by atoms with E-state index in [1.54, 1.807) is 19.1 Å². The Hall–Kier alpha value is -3.16. The van der Waals surface area contributed by atoms with E-state index in [4.69, 9.17) is 9.47 Å². The third-order valence-electron chi connectivity index (χ3n) is 5.35. The number of carbonyl (C=O) groups is 1. The molecule has 0 radical (unpaired) electrons. The quantitative estimate of drug-likeness (QED) is 0.467. The normalized spacial score (nSPS) is 11.8. The van der Waals surface area contributed by atoms with Gasteiger partial charge in [-0.2, -0.15) is 5.10 Å². The molecule has 156 valence electrons. The molecule has 7 nitrogen and oxygen atoms in total. The number of H-pyrrole nitrogens is 1. The number of methoxy groups -OCH3 is 2. The van der Waals surface area contributed by atoms with Crippen LogP contribution in [0.15, 0.2) is 48.5 Å². The number of rotatable bonds is 8. The molecule has 30 heavy (non-hydrogen) atoms. The van der Waals surface area contributed by atoms with Gasteiger partial charge >= 0.3 is 6.03 Å². The van der Waals surface area contributed by atoms with Gasteiger partial charge in [0, 0.05) is 56.1 Å². The highest BCUT2D eigenvalue weighted by molar-refractivity contribution is 5.90. The zero-order chi connectivity index (χ0) is 20.9. The lowest BCUT2D eigenvalue weighted by Gasteiger charge is -2.22. The van der Waals surface area contributed by atoms with Crippen molar-refractivity contribution in [3.8, 4) is 22.5 Å². The number of aromatic amines is 1. The summed E-state index contributed by atoms with van der Waals surface area (Å²) in [6, 6.07) is 16.0. The third-order valence-corrected chi connectivity index (χ3v) is 5.35. The van der Waals surface area contributed by atoms with E-state index >= 15 is 0 Å². The molecule has 0 aliphatic heterocycles. The number of hydrogen-bond donors (Lipinski definition) is 2. The van der Waals surface area contributed by atoms with Crippen molar-refractivity contribution in [2.24, 2.45) is 0 Å².